The summed E-state index contributed by atoms with van der Waals surface area (Å²) in [5.74, 6) is -0.484. The highest BCUT2D eigenvalue weighted by atomic mass is 35.7. The molecule has 19 heavy (non-hydrogen) atoms. The minimum atomic E-state index is -3.57. The first-order valence-electron chi connectivity index (χ1n) is 5.93. The molecular formula is C12H15ClN2O3S. The van der Waals surface area contributed by atoms with Crippen LogP contribution >= 0.6 is 10.7 Å². The minimum Gasteiger partial charge on any atom is -0.312 e. The smallest absolute Gasteiger partial charge is 0.232 e. The molecule has 0 aromatic carbocycles. The van der Waals surface area contributed by atoms with E-state index in [1.54, 1.807) is 17.2 Å². The summed E-state index contributed by atoms with van der Waals surface area (Å²) in [6.45, 7) is 4.16. The van der Waals surface area contributed by atoms with Gasteiger partial charge in [-0.1, -0.05) is 0 Å². The van der Waals surface area contributed by atoms with E-state index in [2.05, 4.69) is 4.98 Å². The second-order valence-corrected chi connectivity index (χ2v) is 7.64. The Morgan fingerprint density at radius 1 is 1.47 bits per heavy atom. The number of aryl methyl sites for hydroxylation is 1. The number of nitrogens with zero attached hydrogens (tertiary/aromatic N) is 2. The van der Waals surface area contributed by atoms with Gasteiger partial charge in [-0.2, -0.15) is 0 Å². The Bertz CT molecular complexity index is 615. The molecule has 0 N–H and O–H groups in total. The normalized spacial score (nSPS) is 20.1. The topological polar surface area (TPSA) is 67.3 Å². The van der Waals surface area contributed by atoms with E-state index in [4.69, 9.17) is 10.7 Å². The Morgan fingerprint density at radius 2 is 2.16 bits per heavy atom. The molecule has 2 rings (SSSR count). The fraction of sp³-hybridized carbons (Fsp3) is 0.500. The Hall–Kier alpha value is -1.14. The Morgan fingerprint density at radius 3 is 2.79 bits per heavy atom. The molecule has 0 bridgehead atoms. The zero-order valence-corrected chi connectivity index (χ0v) is 12.3. The largest absolute Gasteiger partial charge is 0.312 e. The molecule has 1 fully saturated rings. The van der Waals surface area contributed by atoms with E-state index in [0.717, 1.165) is 16.9 Å². The number of rotatable bonds is 3. The van der Waals surface area contributed by atoms with Crippen molar-refractivity contribution in [1.29, 1.82) is 0 Å². The molecule has 1 amide bonds. The highest BCUT2D eigenvalue weighted by Crippen LogP contribution is 2.29. The van der Waals surface area contributed by atoms with Gasteiger partial charge in [0.1, 0.15) is 0 Å². The van der Waals surface area contributed by atoms with Crippen LogP contribution in [0.2, 0.25) is 0 Å². The summed E-state index contributed by atoms with van der Waals surface area (Å²) in [5, 5.41) is 0. The number of hydrogen-bond donors (Lipinski definition) is 0. The van der Waals surface area contributed by atoms with Crippen LogP contribution < -0.4 is 4.90 Å². The van der Waals surface area contributed by atoms with Gasteiger partial charge in [0.25, 0.3) is 0 Å². The molecule has 2 heterocycles. The summed E-state index contributed by atoms with van der Waals surface area (Å²) in [6, 6.07) is 1.78. The van der Waals surface area contributed by atoms with Crippen LogP contribution in [0.3, 0.4) is 0 Å². The van der Waals surface area contributed by atoms with Crippen molar-refractivity contribution < 1.29 is 13.2 Å². The van der Waals surface area contributed by atoms with Crippen LogP contribution in [0.4, 0.5) is 5.69 Å². The number of halogens is 1. The summed E-state index contributed by atoms with van der Waals surface area (Å²) in [5.41, 5.74) is 2.59. The van der Waals surface area contributed by atoms with Gasteiger partial charge in [0.05, 0.1) is 5.75 Å². The van der Waals surface area contributed by atoms with Crippen molar-refractivity contribution in [3.8, 4) is 0 Å². The van der Waals surface area contributed by atoms with Crippen molar-refractivity contribution in [3.63, 3.8) is 0 Å². The first kappa shape index (κ1) is 14.3. The number of aromatic nitrogens is 1. The maximum absolute atomic E-state index is 12.0. The van der Waals surface area contributed by atoms with Gasteiger partial charge in [-0.15, -0.1) is 0 Å². The Kier molecular flexibility index (Phi) is 3.82. The van der Waals surface area contributed by atoms with Gasteiger partial charge >= 0.3 is 0 Å². The molecule has 1 unspecified atom stereocenters. The lowest BCUT2D eigenvalue weighted by molar-refractivity contribution is -0.117. The summed E-state index contributed by atoms with van der Waals surface area (Å²) in [6.07, 6.45) is 1.86. The molecule has 0 spiro atoms. The average molecular weight is 303 g/mol. The van der Waals surface area contributed by atoms with Gasteiger partial charge in [0.2, 0.25) is 15.0 Å². The molecule has 0 aliphatic carbocycles. The minimum absolute atomic E-state index is 0.0704. The maximum Gasteiger partial charge on any atom is 0.232 e. The number of anilines is 1. The fourth-order valence-corrected chi connectivity index (χ4v) is 3.65. The molecule has 1 aliphatic heterocycles. The van der Waals surface area contributed by atoms with Crippen LogP contribution in [0.15, 0.2) is 12.3 Å². The van der Waals surface area contributed by atoms with Crippen LogP contribution in [-0.4, -0.2) is 31.6 Å². The van der Waals surface area contributed by atoms with E-state index in [0.29, 0.717) is 6.54 Å². The van der Waals surface area contributed by atoms with E-state index in [1.165, 1.54) is 0 Å². The lowest BCUT2D eigenvalue weighted by atomic mass is 10.1. The summed E-state index contributed by atoms with van der Waals surface area (Å²) in [4.78, 5) is 17.8. The van der Waals surface area contributed by atoms with E-state index in [1.807, 2.05) is 13.8 Å². The molecule has 0 radical (unpaired) electrons. The van der Waals surface area contributed by atoms with Gasteiger partial charge in [-0.3, -0.25) is 9.78 Å². The molecule has 1 aromatic heterocycles. The Labute approximate surface area is 117 Å². The van der Waals surface area contributed by atoms with Crippen LogP contribution in [0.5, 0.6) is 0 Å². The average Bonchev–Trinajstić information content (AvgIpc) is 2.61. The van der Waals surface area contributed by atoms with Gasteiger partial charge in [0, 0.05) is 47.1 Å². The molecule has 7 heteroatoms. The van der Waals surface area contributed by atoms with E-state index < -0.39 is 9.05 Å². The van der Waals surface area contributed by atoms with Gasteiger partial charge < -0.3 is 4.90 Å². The van der Waals surface area contributed by atoms with Crippen molar-refractivity contribution in [3.05, 3.63) is 23.5 Å². The van der Waals surface area contributed by atoms with Crippen LogP contribution in [0.1, 0.15) is 17.7 Å². The number of carbonyl (C=O) groups is 1. The third kappa shape index (κ3) is 3.25. The third-order valence-corrected chi connectivity index (χ3v) is 4.61. The summed E-state index contributed by atoms with van der Waals surface area (Å²) < 4.78 is 22.2. The molecule has 1 aliphatic rings. The standard InChI is InChI=1S/C12H15ClN2O3S/c1-8-9(2)14-4-3-11(8)15-6-10(5-12(15)16)7-19(13,17)18/h3-4,10H,5-7H2,1-2H3. The molecule has 1 aromatic rings. The molecule has 1 atom stereocenters. The van der Waals surface area contributed by atoms with Crippen LogP contribution in [-0.2, 0) is 13.8 Å². The SMILES string of the molecule is Cc1nccc(N2CC(CS(=O)(=O)Cl)CC2=O)c1C. The lowest BCUT2D eigenvalue weighted by Crippen LogP contribution is -2.26. The lowest BCUT2D eigenvalue weighted by Gasteiger charge is -2.19. The second-order valence-electron chi connectivity index (χ2n) is 4.82. The van der Waals surface area contributed by atoms with Crippen molar-refractivity contribution in [2.45, 2.75) is 20.3 Å². The van der Waals surface area contributed by atoms with E-state index >= 15 is 0 Å². The highest BCUT2D eigenvalue weighted by molar-refractivity contribution is 8.13. The molecule has 5 nitrogen and oxygen atoms in total. The number of amides is 1. The van der Waals surface area contributed by atoms with Crippen LogP contribution in [0.25, 0.3) is 0 Å². The predicted octanol–water partition coefficient (Wildman–Crippen LogP) is 1.62. The maximum atomic E-state index is 12.0. The first-order chi connectivity index (χ1) is 8.78. The predicted molar refractivity (Wildman–Crippen MR) is 73.8 cm³/mol. The van der Waals surface area contributed by atoms with E-state index in [9.17, 15) is 13.2 Å². The van der Waals surface area contributed by atoms with Crippen molar-refractivity contribution in [1.82, 2.24) is 4.98 Å². The molecule has 0 saturated carbocycles. The van der Waals surface area contributed by atoms with Gasteiger partial charge in [-0.25, -0.2) is 8.42 Å². The Balaban J connectivity index is 2.23. The molecular weight excluding hydrogens is 288 g/mol. The number of pyridine rings is 1. The summed E-state index contributed by atoms with van der Waals surface area (Å²) in [7, 11) is 1.67. The molecule has 104 valence electrons. The van der Waals surface area contributed by atoms with Gasteiger partial charge in [0.15, 0.2) is 0 Å². The number of carbonyl (C=O) groups excluding carboxylic acids is 1. The zero-order valence-electron chi connectivity index (χ0n) is 10.8. The molecule has 1 saturated heterocycles. The van der Waals surface area contributed by atoms with Crippen LogP contribution in [0, 0.1) is 19.8 Å². The highest BCUT2D eigenvalue weighted by Gasteiger charge is 2.33. The third-order valence-electron chi connectivity index (χ3n) is 3.36. The first-order valence-corrected chi connectivity index (χ1v) is 8.40. The number of hydrogen-bond acceptors (Lipinski definition) is 4. The van der Waals surface area contributed by atoms with E-state index in [-0.39, 0.29) is 24.0 Å². The fourth-order valence-electron chi connectivity index (χ4n) is 2.33. The summed E-state index contributed by atoms with van der Waals surface area (Å²) >= 11 is 0. The second kappa shape index (κ2) is 5.09. The quantitative estimate of drug-likeness (QED) is 0.796. The van der Waals surface area contributed by atoms with Gasteiger partial charge in [-0.05, 0) is 25.5 Å². The zero-order chi connectivity index (χ0) is 14.2. The van der Waals surface area contributed by atoms with Crippen molar-refractivity contribution in [2.24, 2.45) is 5.92 Å². The van der Waals surface area contributed by atoms with Crippen molar-refractivity contribution in [2.75, 3.05) is 17.2 Å². The monoisotopic (exact) mass is 302 g/mol. The van der Waals surface area contributed by atoms with Crippen molar-refractivity contribution >= 4 is 31.3 Å².